The van der Waals surface area contributed by atoms with Crippen LogP contribution in [-0.2, 0) is 0 Å². The number of thiophene rings is 1. The van der Waals surface area contributed by atoms with Gasteiger partial charge in [-0.3, -0.25) is 0 Å². The van der Waals surface area contributed by atoms with E-state index in [2.05, 4.69) is 6.07 Å². The molecule has 0 aliphatic heterocycles. The van der Waals surface area contributed by atoms with Crippen molar-refractivity contribution >= 4 is 44.6 Å². The molecule has 0 aliphatic carbocycles. The summed E-state index contributed by atoms with van der Waals surface area (Å²) in [6.07, 6.45) is 0. The number of fused-ring (bicyclic) bond motifs is 1. The molecule has 0 spiro atoms. The van der Waals surface area contributed by atoms with E-state index in [1.807, 2.05) is 0 Å². The monoisotopic (exact) mass is 227 g/mol. The van der Waals surface area contributed by atoms with Gasteiger partial charge in [0.25, 0.3) is 0 Å². The summed E-state index contributed by atoms with van der Waals surface area (Å²) >= 11 is 13.2. The predicted octanol–water partition coefficient (Wildman–Crippen LogP) is 4.08. The van der Waals surface area contributed by atoms with E-state index >= 15 is 0 Å². The standard InChI is InChI=1S/C9H3Cl2NS/c10-7-2-1-5(4-12)6-3-8(11)13-9(6)7/h1-3H. The third-order valence-corrected chi connectivity index (χ3v) is 3.45. The molecule has 1 heterocycles. The topological polar surface area (TPSA) is 23.8 Å². The number of nitriles is 1. The molecule has 0 amide bonds. The fraction of sp³-hybridized carbons (Fsp3) is 0. The number of rotatable bonds is 0. The van der Waals surface area contributed by atoms with Crippen molar-refractivity contribution < 1.29 is 0 Å². The van der Waals surface area contributed by atoms with E-state index in [-0.39, 0.29) is 0 Å². The molecule has 2 aromatic rings. The van der Waals surface area contributed by atoms with Crippen LogP contribution in [-0.4, -0.2) is 0 Å². The third kappa shape index (κ3) is 1.40. The SMILES string of the molecule is N#Cc1ccc(Cl)c2sc(Cl)cc12. The van der Waals surface area contributed by atoms with Crippen molar-refractivity contribution in [3.63, 3.8) is 0 Å². The summed E-state index contributed by atoms with van der Waals surface area (Å²) < 4.78 is 1.53. The quantitative estimate of drug-likeness (QED) is 0.666. The number of hydrogen-bond donors (Lipinski definition) is 0. The van der Waals surface area contributed by atoms with Crippen LogP contribution in [0, 0.1) is 11.3 Å². The van der Waals surface area contributed by atoms with Gasteiger partial charge in [0.2, 0.25) is 0 Å². The van der Waals surface area contributed by atoms with Crippen LogP contribution in [0.2, 0.25) is 9.36 Å². The van der Waals surface area contributed by atoms with Crippen molar-refractivity contribution in [2.24, 2.45) is 0 Å². The maximum atomic E-state index is 8.80. The van der Waals surface area contributed by atoms with E-state index in [0.717, 1.165) is 10.1 Å². The first-order chi connectivity index (χ1) is 6.22. The average Bonchev–Trinajstić information content (AvgIpc) is 2.48. The first-order valence-corrected chi connectivity index (χ1v) is 5.07. The summed E-state index contributed by atoms with van der Waals surface area (Å²) in [5.74, 6) is 0. The lowest BCUT2D eigenvalue weighted by Gasteiger charge is -1.94. The molecule has 13 heavy (non-hydrogen) atoms. The minimum atomic E-state index is 0.613. The summed E-state index contributed by atoms with van der Waals surface area (Å²) in [7, 11) is 0. The number of nitrogens with zero attached hydrogens (tertiary/aromatic N) is 1. The Balaban J connectivity index is 2.94. The molecule has 0 fully saturated rings. The third-order valence-electron chi connectivity index (χ3n) is 1.73. The molecule has 0 atom stereocenters. The molecule has 0 radical (unpaired) electrons. The van der Waals surface area contributed by atoms with Gasteiger partial charge in [0.1, 0.15) is 0 Å². The molecular formula is C9H3Cl2NS. The summed E-state index contributed by atoms with van der Waals surface area (Å²) in [5, 5.41) is 10.3. The van der Waals surface area contributed by atoms with Gasteiger partial charge in [-0.2, -0.15) is 5.26 Å². The van der Waals surface area contributed by atoms with Gasteiger partial charge < -0.3 is 0 Å². The Morgan fingerprint density at radius 2 is 2.08 bits per heavy atom. The molecule has 4 heteroatoms. The predicted molar refractivity (Wildman–Crippen MR) is 56.6 cm³/mol. The van der Waals surface area contributed by atoms with Crippen molar-refractivity contribution in [3.05, 3.63) is 33.1 Å². The Labute approximate surface area is 89.1 Å². The highest BCUT2D eigenvalue weighted by Crippen LogP contribution is 2.36. The smallest absolute Gasteiger partial charge is 0.0998 e. The van der Waals surface area contributed by atoms with E-state index < -0.39 is 0 Å². The summed E-state index contributed by atoms with van der Waals surface area (Å²) in [6.45, 7) is 0. The fourth-order valence-electron chi connectivity index (χ4n) is 1.16. The molecule has 0 unspecified atom stereocenters. The van der Waals surface area contributed by atoms with E-state index in [1.165, 1.54) is 11.3 Å². The molecule has 64 valence electrons. The average molecular weight is 228 g/mol. The van der Waals surface area contributed by atoms with Gasteiger partial charge in [0, 0.05) is 5.39 Å². The number of halogens is 2. The van der Waals surface area contributed by atoms with Crippen LogP contribution in [0.3, 0.4) is 0 Å². The van der Waals surface area contributed by atoms with Crippen LogP contribution in [0.1, 0.15) is 5.56 Å². The van der Waals surface area contributed by atoms with Gasteiger partial charge in [0.15, 0.2) is 0 Å². The lowest BCUT2D eigenvalue weighted by Crippen LogP contribution is -1.74. The van der Waals surface area contributed by atoms with Crippen molar-refractivity contribution in [2.75, 3.05) is 0 Å². The molecular weight excluding hydrogens is 225 g/mol. The molecule has 0 bridgehead atoms. The van der Waals surface area contributed by atoms with Gasteiger partial charge in [-0.05, 0) is 18.2 Å². The second-order valence-corrected chi connectivity index (χ2v) is 4.59. The Morgan fingerprint density at radius 1 is 1.31 bits per heavy atom. The van der Waals surface area contributed by atoms with Crippen LogP contribution >= 0.6 is 34.5 Å². The zero-order valence-electron chi connectivity index (χ0n) is 6.34. The molecule has 0 aliphatic rings. The molecule has 1 aromatic heterocycles. The number of hydrogen-bond acceptors (Lipinski definition) is 2. The van der Waals surface area contributed by atoms with Gasteiger partial charge >= 0.3 is 0 Å². The zero-order valence-corrected chi connectivity index (χ0v) is 8.67. The maximum absolute atomic E-state index is 8.80. The Morgan fingerprint density at radius 3 is 2.77 bits per heavy atom. The second-order valence-electron chi connectivity index (χ2n) is 2.50. The lowest BCUT2D eigenvalue weighted by atomic mass is 10.1. The van der Waals surface area contributed by atoms with E-state index in [1.54, 1.807) is 18.2 Å². The normalized spacial score (nSPS) is 10.2. The minimum absolute atomic E-state index is 0.613. The van der Waals surface area contributed by atoms with Crippen LogP contribution < -0.4 is 0 Å². The summed E-state index contributed by atoms with van der Waals surface area (Å²) in [5.41, 5.74) is 0.613. The Kier molecular flexibility index (Phi) is 2.17. The summed E-state index contributed by atoms with van der Waals surface area (Å²) in [6, 6.07) is 7.29. The van der Waals surface area contributed by atoms with Crippen molar-refractivity contribution in [2.45, 2.75) is 0 Å². The maximum Gasteiger partial charge on any atom is 0.0998 e. The zero-order chi connectivity index (χ0) is 9.42. The van der Waals surface area contributed by atoms with Crippen LogP contribution in [0.4, 0.5) is 0 Å². The van der Waals surface area contributed by atoms with Gasteiger partial charge in [0.05, 0.1) is 25.7 Å². The van der Waals surface area contributed by atoms with Crippen LogP contribution in [0.25, 0.3) is 10.1 Å². The first kappa shape index (κ1) is 8.83. The van der Waals surface area contributed by atoms with Crippen LogP contribution in [0.5, 0.6) is 0 Å². The highest BCUT2D eigenvalue weighted by Gasteiger charge is 2.07. The molecule has 0 saturated heterocycles. The lowest BCUT2D eigenvalue weighted by molar-refractivity contribution is 1.51. The van der Waals surface area contributed by atoms with Crippen molar-refractivity contribution in [3.8, 4) is 6.07 Å². The highest BCUT2D eigenvalue weighted by atomic mass is 35.5. The molecule has 1 aromatic carbocycles. The van der Waals surface area contributed by atoms with E-state index in [0.29, 0.717) is 14.9 Å². The van der Waals surface area contributed by atoms with Gasteiger partial charge in [-0.25, -0.2) is 0 Å². The first-order valence-electron chi connectivity index (χ1n) is 3.50. The van der Waals surface area contributed by atoms with Gasteiger partial charge in [-0.1, -0.05) is 23.2 Å². The van der Waals surface area contributed by atoms with Crippen molar-refractivity contribution in [1.29, 1.82) is 5.26 Å². The van der Waals surface area contributed by atoms with Gasteiger partial charge in [-0.15, -0.1) is 11.3 Å². The largest absolute Gasteiger partial charge is 0.192 e. The Hall–Kier alpha value is -0.750. The molecule has 0 saturated carbocycles. The van der Waals surface area contributed by atoms with Crippen molar-refractivity contribution in [1.82, 2.24) is 0 Å². The second kappa shape index (κ2) is 3.19. The molecule has 0 N–H and O–H groups in total. The van der Waals surface area contributed by atoms with Crippen LogP contribution in [0.15, 0.2) is 18.2 Å². The fourth-order valence-corrected chi connectivity index (χ4v) is 2.60. The number of benzene rings is 1. The van der Waals surface area contributed by atoms with E-state index in [4.69, 9.17) is 28.5 Å². The van der Waals surface area contributed by atoms with E-state index in [9.17, 15) is 0 Å². The molecule has 1 nitrogen and oxygen atoms in total. The Bertz CT molecular complexity index is 510. The molecule has 2 rings (SSSR count). The highest BCUT2D eigenvalue weighted by molar-refractivity contribution is 7.23. The minimum Gasteiger partial charge on any atom is -0.192 e. The summed E-state index contributed by atoms with van der Waals surface area (Å²) in [4.78, 5) is 0.